The molecule has 54 heavy (non-hydrogen) atoms. The van der Waals surface area contributed by atoms with Gasteiger partial charge < -0.3 is 38.3 Å². The van der Waals surface area contributed by atoms with E-state index < -0.39 is 101 Å². The largest absolute Gasteiger partial charge is 0.509 e. The highest BCUT2D eigenvalue weighted by molar-refractivity contribution is 6.73. The molecule has 0 spiro atoms. The molecule has 0 unspecified atom stereocenters. The van der Waals surface area contributed by atoms with Crippen LogP contribution in [0.3, 0.4) is 0 Å². The molecule has 1 saturated heterocycles. The van der Waals surface area contributed by atoms with Crippen molar-refractivity contribution in [2.75, 3.05) is 13.2 Å². The van der Waals surface area contributed by atoms with E-state index >= 15 is 4.79 Å². The van der Waals surface area contributed by atoms with Crippen molar-refractivity contribution in [3.05, 3.63) is 47.0 Å². The second kappa shape index (κ2) is 15.3. The number of fused-ring (bicyclic) bond motifs is 5. The molecule has 1 aromatic carbocycles. The van der Waals surface area contributed by atoms with Crippen molar-refractivity contribution in [1.82, 2.24) is 0 Å². The number of hydrogen-bond acceptors (Lipinski definition) is 12. The van der Waals surface area contributed by atoms with E-state index in [9.17, 15) is 24.6 Å². The second-order valence-corrected chi connectivity index (χ2v) is 23.0. The molecule has 0 aromatic heterocycles. The van der Waals surface area contributed by atoms with Crippen LogP contribution < -0.4 is 0 Å². The Morgan fingerprint density at radius 1 is 1.02 bits per heavy atom. The molecule has 2 N–H and O–H groups in total. The van der Waals surface area contributed by atoms with Gasteiger partial charge in [0.2, 0.25) is 3.79 Å². The van der Waals surface area contributed by atoms with Gasteiger partial charge in [-0.15, -0.1) is 0 Å². The number of hydrogen-bond donors (Lipinski definition) is 2. The lowest BCUT2D eigenvalue weighted by Crippen LogP contribution is -2.82. The minimum absolute atomic E-state index is 0.0808. The van der Waals surface area contributed by atoms with Crippen molar-refractivity contribution in [3.8, 4) is 0 Å². The Kier molecular flexibility index (Phi) is 12.1. The van der Waals surface area contributed by atoms with E-state index in [4.69, 9.17) is 62.9 Å². The van der Waals surface area contributed by atoms with E-state index in [2.05, 4.69) is 0 Å². The molecule has 3 fully saturated rings. The van der Waals surface area contributed by atoms with Crippen molar-refractivity contribution in [3.63, 3.8) is 0 Å². The second-order valence-electron chi connectivity index (χ2n) is 15.8. The molecule has 300 valence electrons. The number of halogens is 3. The van der Waals surface area contributed by atoms with Crippen LogP contribution >= 0.6 is 34.8 Å². The number of Topliss-reactive ketones (excluding diaryl/α,β-unsaturated/α-hetero) is 1. The van der Waals surface area contributed by atoms with E-state index in [0.29, 0.717) is 18.1 Å². The lowest BCUT2D eigenvalue weighted by atomic mass is 9.44. The number of alkyl halides is 3. The van der Waals surface area contributed by atoms with Gasteiger partial charge in [-0.05, 0) is 55.3 Å². The summed E-state index contributed by atoms with van der Waals surface area (Å²) in [6.45, 7) is 12.9. The number of ketones is 1. The van der Waals surface area contributed by atoms with Crippen LogP contribution in [0.15, 0.2) is 41.5 Å². The Morgan fingerprint density at radius 2 is 1.63 bits per heavy atom. The summed E-state index contributed by atoms with van der Waals surface area (Å²) in [6.07, 6.45) is -8.23. The number of esters is 2. The number of ether oxygens (including phenoxy) is 5. The summed E-state index contributed by atoms with van der Waals surface area (Å²) in [6, 6.07) is 10.3. The molecule has 16 heteroatoms. The number of carbonyl (C=O) groups is 4. The zero-order valence-corrected chi connectivity index (χ0v) is 35.2. The van der Waals surface area contributed by atoms with Gasteiger partial charge in [-0.3, -0.25) is 9.59 Å². The molecule has 12 nitrogen and oxygen atoms in total. The summed E-state index contributed by atoms with van der Waals surface area (Å²) in [5.41, 5.74) is -6.68. The molecule has 0 amide bonds. The lowest BCUT2D eigenvalue weighted by Gasteiger charge is -2.68. The fourth-order valence-electron chi connectivity index (χ4n) is 9.46. The first-order valence-corrected chi connectivity index (χ1v) is 22.0. The van der Waals surface area contributed by atoms with Crippen LogP contribution in [0.1, 0.15) is 78.6 Å². The molecular formula is C38H51Cl3O12Si. The Morgan fingerprint density at radius 3 is 2.15 bits per heavy atom. The maximum Gasteiger partial charge on any atom is 0.509 e. The van der Waals surface area contributed by atoms with Crippen LogP contribution in [-0.2, 0) is 37.7 Å². The minimum atomic E-state index is -2.58. The summed E-state index contributed by atoms with van der Waals surface area (Å²) in [5, 5.41) is 25.1. The number of carbonyl (C=O) groups excluding carboxylic acids is 4. The number of aliphatic hydroxyl groups is 2. The topological polar surface area (TPSA) is 164 Å². The highest BCUT2D eigenvalue weighted by Gasteiger charge is 2.78. The van der Waals surface area contributed by atoms with Crippen molar-refractivity contribution in [1.29, 1.82) is 0 Å². The average Bonchev–Trinajstić information content (AvgIpc) is 3.10. The van der Waals surface area contributed by atoms with Crippen LogP contribution in [-0.4, -0.2) is 101 Å². The molecule has 4 aliphatic rings. The van der Waals surface area contributed by atoms with Crippen molar-refractivity contribution in [2.45, 2.75) is 132 Å². The van der Waals surface area contributed by atoms with Gasteiger partial charge in [-0.25, -0.2) is 9.59 Å². The summed E-state index contributed by atoms with van der Waals surface area (Å²) in [4.78, 5) is 56.6. The first-order valence-electron chi connectivity index (χ1n) is 18.4. The van der Waals surface area contributed by atoms with Crippen LogP contribution in [0.4, 0.5) is 4.79 Å². The van der Waals surface area contributed by atoms with Gasteiger partial charge in [0.15, 0.2) is 25.8 Å². The normalized spacial score (nSPS) is 34.6. The number of benzene rings is 1. The van der Waals surface area contributed by atoms with Crippen LogP contribution in [0, 0.1) is 16.7 Å². The molecule has 1 heterocycles. The van der Waals surface area contributed by atoms with Gasteiger partial charge in [0, 0.05) is 25.2 Å². The first-order chi connectivity index (χ1) is 25.1. The Bertz CT molecular complexity index is 1650. The van der Waals surface area contributed by atoms with Gasteiger partial charge in [-0.1, -0.05) is 87.6 Å². The summed E-state index contributed by atoms with van der Waals surface area (Å²) < 4.78 is 35.1. The predicted molar refractivity (Wildman–Crippen MR) is 202 cm³/mol. The van der Waals surface area contributed by atoms with Crippen molar-refractivity contribution >= 4 is 67.0 Å². The SMILES string of the molecule is CC[Si](CC)(CC)O[C@H]1C[C@H]2OC[C@@]2(OC(C)=O)[C@H]2[C@H](OC(=O)c3ccccc3)[C@]3(O)C[C@H](O)C(C)=C([C@@H](OC(=O)OCC(Cl)(Cl)Cl)C(=O)[C@]12C)C3(C)C. The smallest absolute Gasteiger partial charge is 0.455 e. The molecule has 9 atom stereocenters. The third-order valence-corrected chi connectivity index (χ3v) is 17.8. The zero-order chi connectivity index (χ0) is 40.2. The number of rotatable bonds is 10. The monoisotopic (exact) mass is 832 g/mol. The zero-order valence-electron chi connectivity index (χ0n) is 31.9. The molecule has 1 aliphatic heterocycles. The van der Waals surface area contributed by atoms with Crippen LogP contribution in [0.2, 0.25) is 18.1 Å². The van der Waals surface area contributed by atoms with E-state index in [-0.39, 0.29) is 36.2 Å². The van der Waals surface area contributed by atoms with Crippen molar-refractivity contribution in [2.24, 2.45) is 16.7 Å². The minimum Gasteiger partial charge on any atom is -0.455 e. The summed E-state index contributed by atoms with van der Waals surface area (Å²) in [5.74, 6) is -3.57. The highest BCUT2D eigenvalue weighted by atomic mass is 35.6. The third-order valence-electron chi connectivity index (χ3n) is 12.8. The molecule has 2 saturated carbocycles. The van der Waals surface area contributed by atoms with Gasteiger partial charge in [0.25, 0.3) is 0 Å². The Balaban J connectivity index is 1.85. The van der Waals surface area contributed by atoms with Gasteiger partial charge >= 0.3 is 18.1 Å². The molecule has 2 bridgehead atoms. The fraction of sp³-hybridized carbons (Fsp3) is 0.684. The Labute approximate surface area is 332 Å². The quantitative estimate of drug-likeness (QED) is 0.0851. The van der Waals surface area contributed by atoms with Gasteiger partial charge in [-0.2, -0.15) is 0 Å². The molecule has 3 aliphatic carbocycles. The molecule has 0 radical (unpaired) electrons. The highest BCUT2D eigenvalue weighted by Crippen LogP contribution is 2.65. The van der Waals surface area contributed by atoms with Crippen LogP contribution in [0.5, 0.6) is 0 Å². The molecule has 1 aromatic rings. The first kappa shape index (κ1) is 42.9. The molecular weight excluding hydrogens is 783 g/mol. The fourth-order valence-corrected chi connectivity index (χ4v) is 12.6. The summed E-state index contributed by atoms with van der Waals surface area (Å²) >= 11 is 17.6. The summed E-state index contributed by atoms with van der Waals surface area (Å²) in [7, 11) is -2.58. The Hall–Kier alpha value is -2.23. The number of aliphatic hydroxyl groups excluding tert-OH is 1. The maximum absolute atomic E-state index is 15.9. The van der Waals surface area contributed by atoms with Gasteiger partial charge in [0.05, 0.1) is 35.7 Å². The van der Waals surface area contributed by atoms with Crippen molar-refractivity contribution < 1.29 is 57.5 Å². The van der Waals surface area contributed by atoms with Gasteiger partial charge in [0.1, 0.15) is 24.4 Å². The van der Waals surface area contributed by atoms with E-state index in [1.165, 1.54) is 6.92 Å². The standard InChI is InChI=1S/C38H51Cl3O12Si/c1-9-54(10-2,11-3)53-25-17-26-36(19-48-26,52-22(5)42)29-31(51-32(45)23-15-13-12-14-16-23)37(47)18-24(43)21(4)27(34(37,6)7)28(30(44)35(25,29)8)50-33(46)49-20-38(39,40)41/h12-16,24-26,28-29,31,43,47H,9-11,17-20H2,1-8H3/t24-,25-,26+,28+,29-,31-,35+,36-,37+/m0/s1. The van der Waals surface area contributed by atoms with E-state index in [1.807, 2.05) is 20.8 Å². The van der Waals surface area contributed by atoms with E-state index in [1.54, 1.807) is 58.0 Å². The lowest BCUT2D eigenvalue weighted by molar-refractivity contribution is -0.344. The predicted octanol–water partition coefficient (Wildman–Crippen LogP) is 6.64. The molecule has 5 rings (SSSR count). The third kappa shape index (κ3) is 7.14. The van der Waals surface area contributed by atoms with E-state index in [0.717, 1.165) is 0 Å². The average molecular weight is 834 g/mol. The van der Waals surface area contributed by atoms with Crippen LogP contribution in [0.25, 0.3) is 0 Å². The maximum atomic E-state index is 15.9.